The molecule has 0 N–H and O–H groups in total. The van der Waals surface area contributed by atoms with Gasteiger partial charge in [0.25, 0.3) is 0 Å². The SMILES string of the molecule is CCCCC(CC)COC(=O)CCCCCCCC(=O)OCc1ccccc1. The molecular formula is C24H38O4. The lowest BCUT2D eigenvalue weighted by atomic mass is 10.0. The predicted octanol–water partition coefficient (Wildman–Crippen LogP) is 6.22. The molecule has 28 heavy (non-hydrogen) atoms. The topological polar surface area (TPSA) is 52.6 Å². The van der Waals surface area contributed by atoms with Crippen molar-refractivity contribution in [3.8, 4) is 0 Å². The van der Waals surface area contributed by atoms with Crippen molar-refractivity contribution in [1.82, 2.24) is 0 Å². The van der Waals surface area contributed by atoms with Crippen LogP contribution in [0.25, 0.3) is 0 Å². The number of unbranched alkanes of at least 4 members (excludes halogenated alkanes) is 5. The zero-order valence-corrected chi connectivity index (χ0v) is 17.8. The van der Waals surface area contributed by atoms with Crippen LogP contribution in [0.2, 0.25) is 0 Å². The molecule has 0 saturated carbocycles. The lowest BCUT2D eigenvalue weighted by Gasteiger charge is -2.14. The second-order valence-corrected chi connectivity index (χ2v) is 7.51. The summed E-state index contributed by atoms with van der Waals surface area (Å²) in [7, 11) is 0. The van der Waals surface area contributed by atoms with Gasteiger partial charge in [-0.15, -0.1) is 0 Å². The summed E-state index contributed by atoms with van der Waals surface area (Å²) in [4.78, 5) is 23.5. The third kappa shape index (κ3) is 12.5. The molecule has 0 aliphatic rings. The molecule has 158 valence electrons. The predicted molar refractivity (Wildman–Crippen MR) is 113 cm³/mol. The standard InChI is InChI=1S/C24H38O4/c1-3-5-14-21(4-2)19-27-23(25)17-12-7-6-8-13-18-24(26)28-20-22-15-10-9-11-16-22/h9-11,15-16,21H,3-8,12-14,17-20H2,1-2H3. The second-order valence-electron chi connectivity index (χ2n) is 7.51. The van der Waals surface area contributed by atoms with Gasteiger partial charge >= 0.3 is 11.9 Å². The van der Waals surface area contributed by atoms with Crippen molar-refractivity contribution in [2.75, 3.05) is 6.61 Å². The lowest BCUT2D eigenvalue weighted by molar-refractivity contribution is -0.146. The molecule has 1 aromatic carbocycles. The van der Waals surface area contributed by atoms with E-state index >= 15 is 0 Å². The maximum absolute atomic E-state index is 11.8. The van der Waals surface area contributed by atoms with E-state index in [0.29, 0.717) is 32.0 Å². The Hall–Kier alpha value is -1.84. The molecule has 0 fully saturated rings. The Labute approximate surface area is 171 Å². The van der Waals surface area contributed by atoms with Crippen LogP contribution in [0.3, 0.4) is 0 Å². The summed E-state index contributed by atoms with van der Waals surface area (Å²) in [6.45, 7) is 5.26. The second kappa shape index (κ2) is 16.1. The molecule has 0 spiro atoms. The van der Waals surface area contributed by atoms with E-state index < -0.39 is 0 Å². The van der Waals surface area contributed by atoms with Crippen molar-refractivity contribution in [1.29, 1.82) is 0 Å². The van der Waals surface area contributed by atoms with Gasteiger partial charge < -0.3 is 9.47 Å². The molecule has 1 aromatic rings. The quantitative estimate of drug-likeness (QED) is 0.248. The number of rotatable bonds is 16. The van der Waals surface area contributed by atoms with E-state index in [1.54, 1.807) is 0 Å². The van der Waals surface area contributed by atoms with Crippen LogP contribution in [-0.2, 0) is 25.7 Å². The highest BCUT2D eigenvalue weighted by Gasteiger charge is 2.10. The minimum absolute atomic E-state index is 0.0700. The number of carbonyl (C=O) groups excluding carboxylic acids is 2. The molecule has 0 radical (unpaired) electrons. The van der Waals surface area contributed by atoms with Crippen LogP contribution in [0, 0.1) is 5.92 Å². The van der Waals surface area contributed by atoms with E-state index in [4.69, 9.17) is 9.47 Å². The zero-order chi connectivity index (χ0) is 20.5. The molecule has 0 aliphatic heterocycles. The van der Waals surface area contributed by atoms with Gasteiger partial charge in [-0.25, -0.2) is 0 Å². The van der Waals surface area contributed by atoms with E-state index in [0.717, 1.165) is 50.5 Å². The maximum atomic E-state index is 11.8. The van der Waals surface area contributed by atoms with Crippen molar-refractivity contribution >= 4 is 11.9 Å². The average molecular weight is 391 g/mol. The van der Waals surface area contributed by atoms with Gasteiger partial charge in [-0.3, -0.25) is 9.59 Å². The number of hydrogen-bond donors (Lipinski definition) is 0. The Morgan fingerprint density at radius 2 is 1.43 bits per heavy atom. The Morgan fingerprint density at radius 1 is 0.821 bits per heavy atom. The number of hydrogen-bond acceptors (Lipinski definition) is 4. The Balaban J connectivity index is 1.95. The highest BCUT2D eigenvalue weighted by molar-refractivity contribution is 5.69. The Bertz CT molecular complexity index is 527. The molecule has 4 nitrogen and oxygen atoms in total. The normalized spacial score (nSPS) is 11.8. The fourth-order valence-electron chi connectivity index (χ4n) is 3.06. The molecule has 0 amide bonds. The first-order chi connectivity index (χ1) is 13.7. The number of ether oxygens (including phenoxy) is 2. The summed E-state index contributed by atoms with van der Waals surface area (Å²) >= 11 is 0. The van der Waals surface area contributed by atoms with Crippen molar-refractivity contribution < 1.29 is 19.1 Å². The monoisotopic (exact) mass is 390 g/mol. The minimum Gasteiger partial charge on any atom is -0.465 e. The van der Waals surface area contributed by atoms with Gasteiger partial charge in [0.1, 0.15) is 6.61 Å². The molecule has 0 bridgehead atoms. The zero-order valence-electron chi connectivity index (χ0n) is 17.8. The lowest BCUT2D eigenvalue weighted by Crippen LogP contribution is -2.13. The molecule has 0 heterocycles. The summed E-state index contributed by atoms with van der Waals surface area (Å²) in [5.41, 5.74) is 1.01. The van der Waals surface area contributed by atoms with Crippen LogP contribution in [0.5, 0.6) is 0 Å². The van der Waals surface area contributed by atoms with Crippen molar-refractivity contribution in [3.05, 3.63) is 35.9 Å². The van der Waals surface area contributed by atoms with Crippen molar-refractivity contribution in [2.45, 2.75) is 91.1 Å². The number of carbonyl (C=O) groups is 2. The molecule has 0 aromatic heterocycles. The van der Waals surface area contributed by atoms with Crippen molar-refractivity contribution in [3.63, 3.8) is 0 Å². The van der Waals surface area contributed by atoms with Crippen LogP contribution in [-0.4, -0.2) is 18.5 Å². The van der Waals surface area contributed by atoms with Crippen LogP contribution >= 0.6 is 0 Å². The fourth-order valence-corrected chi connectivity index (χ4v) is 3.06. The molecule has 0 saturated heterocycles. The third-order valence-corrected chi connectivity index (χ3v) is 5.03. The summed E-state index contributed by atoms with van der Waals surface area (Å²) in [6.07, 6.45) is 10.3. The molecule has 4 heteroatoms. The Kier molecular flexibility index (Phi) is 14.0. The average Bonchev–Trinajstić information content (AvgIpc) is 2.72. The summed E-state index contributed by atoms with van der Waals surface area (Å²) in [5.74, 6) is 0.297. The van der Waals surface area contributed by atoms with Gasteiger partial charge in [-0.1, -0.05) is 82.7 Å². The van der Waals surface area contributed by atoms with Crippen molar-refractivity contribution in [2.24, 2.45) is 5.92 Å². The van der Waals surface area contributed by atoms with Crippen LogP contribution < -0.4 is 0 Å². The minimum atomic E-state index is -0.138. The highest BCUT2D eigenvalue weighted by atomic mass is 16.5. The van der Waals surface area contributed by atoms with Gasteiger partial charge in [0.05, 0.1) is 6.61 Å². The third-order valence-electron chi connectivity index (χ3n) is 5.03. The molecular weight excluding hydrogens is 352 g/mol. The molecule has 0 aliphatic carbocycles. The molecule has 1 rings (SSSR count). The largest absolute Gasteiger partial charge is 0.465 e. The van der Waals surface area contributed by atoms with Gasteiger partial charge in [-0.2, -0.15) is 0 Å². The molecule has 1 unspecified atom stereocenters. The van der Waals surface area contributed by atoms with Gasteiger partial charge in [0.2, 0.25) is 0 Å². The molecule has 1 atom stereocenters. The van der Waals surface area contributed by atoms with Crippen LogP contribution in [0.1, 0.15) is 90.0 Å². The van der Waals surface area contributed by atoms with Crippen LogP contribution in [0.15, 0.2) is 30.3 Å². The van der Waals surface area contributed by atoms with Gasteiger partial charge in [0, 0.05) is 12.8 Å². The number of benzene rings is 1. The first-order valence-corrected chi connectivity index (χ1v) is 11.0. The fraction of sp³-hybridized carbons (Fsp3) is 0.667. The summed E-state index contributed by atoms with van der Waals surface area (Å²) in [5, 5.41) is 0. The van der Waals surface area contributed by atoms with Crippen LogP contribution in [0.4, 0.5) is 0 Å². The highest BCUT2D eigenvalue weighted by Crippen LogP contribution is 2.14. The first-order valence-electron chi connectivity index (χ1n) is 11.0. The van der Waals surface area contributed by atoms with E-state index in [1.807, 2.05) is 30.3 Å². The summed E-state index contributed by atoms with van der Waals surface area (Å²) < 4.78 is 10.7. The van der Waals surface area contributed by atoms with E-state index in [9.17, 15) is 9.59 Å². The first kappa shape index (κ1) is 24.2. The van der Waals surface area contributed by atoms with Gasteiger partial charge in [-0.05, 0) is 30.7 Å². The van der Waals surface area contributed by atoms with Gasteiger partial charge in [0.15, 0.2) is 0 Å². The van der Waals surface area contributed by atoms with E-state index in [1.165, 1.54) is 12.8 Å². The smallest absolute Gasteiger partial charge is 0.306 e. The number of esters is 2. The Morgan fingerprint density at radius 3 is 2.04 bits per heavy atom. The van der Waals surface area contributed by atoms with E-state index in [2.05, 4.69) is 13.8 Å². The maximum Gasteiger partial charge on any atom is 0.306 e. The van der Waals surface area contributed by atoms with E-state index in [-0.39, 0.29) is 11.9 Å². The summed E-state index contributed by atoms with van der Waals surface area (Å²) in [6, 6.07) is 9.72.